The first-order valence-corrected chi connectivity index (χ1v) is 4.53. The van der Waals surface area contributed by atoms with E-state index in [1.54, 1.807) is 0 Å². The van der Waals surface area contributed by atoms with E-state index in [4.69, 9.17) is 14.9 Å². The lowest BCUT2D eigenvalue weighted by Gasteiger charge is -2.22. The molecular weight excluding hydrogens is 248 g/mol. The Kier molecular flexibility index (Phi) is 3.29. The predicted octanol–water partition coefficient (Wildman–Crippen LogP) is -2.50. The molecule has 7 heteroatoms. The largest absolute Gasteiger partial charge is 0.391 e. The van der Waals surface area contributed by atoms with Crippen molar-refractivity contribution in [3.8, 4) is 0 Å². The predicted molar refractivity (Wildman–Crippen MR) is 43.9 cm³/mol. The summed E-state index contributed by atoms with van der Waals surface area (Å²) in [5.41, 5.74) is 0. The fraction of sp³-hybridized carbons (Fsp3) is 1.00. The lowest BCUT2D eigenvalue weighted by atomic mass is 10.1. The minimum atomic E-state index is -2.21. The van der Waals surface area contributed by atoms with E-state index in [1.165, 1.54) is 0 Å². The minimum absolute atomic E-state index is 0.860. The van der Waals surface area contributed by atoms with Crippen LogP contribution in [0.15, 0.2) is 0 Å². The van der Waals surface area contributed by atoms with Gasteiger partial charge in [0.15, 0.2) is 0 Å². The number of rotatable bonds is 2. The summed E-state index contributed by atoms with van der Waals surface area (Å²) in [5.74, 6) is -2.21. The first kappa shape index (κ1) is 11.3. The summed E-state index contributed by atoms with van der Waals surface area (Å²) < 4.78 is 4.69. The molecule has 5 atom stereocenters. The third-order valence-corrected chi connectivity index (χ3v) is 2.48. The van der Waals surface area contributed by atoms with E-state index in [9.17, 15) is 15.3 Å². The highest BCUT2D eigenvalue weighted by Gasteiger charge is 2.54. The second-order valence-electron chi connectivity index (χ2n) is 2.89. The third kappa shape index (κ3) is 1.86. The Balaban J connectivity index is 2.78. The van der Waals surface area contributed by atoms with E-state index in [0.29, 0.717) is 0 Å². The van der Waals surface area contributed by atoms with Gasteiger partial charge < -0.3 is 30.3 Å². The average Bonchev–Trinajstić information content (AvgIpc) is 2.31. The number of aliphatic hydroxyl groups is 5. The maximum Gasteiger partial charge on any atom is 0.219 e. The molecule has 0 aromatic rings. The van der Waals surface area contributed by atoms with Gasteiger partial charge in [-0.05, 0) is 0 Å². The van der Waals surface area contributed by atoms with Crippen LogP contribution in [-0.4, -0.2) is 61.3 Å². The van der Waals surface area contributed by atoms with Crippen LogP contribution in [0.5, 0.6) is 0 Å². The van der Waals surface area contributed by atoms with Crippen molar-refractivity contribution >= 4 is 15.9 Å². The van der Waals surface area contributed by atoms with Gasteiger partial charge in [-0.3, -0.25) is 0 Å². The van der Waals surface area contributed by atoms with Crippen LogP contribution in [0.2, 0.25) is 0 Å². The Hall–Kier alpha value is 0.240. The molecule has 0 aliphatic carbocycles. The second-order valence-corrected chi connectivity index (χ2v) is 3.83. The summed E-state index contributed by atoms with van der Waals surface area (Å²) in [6, 6.07) is 0. The molecule has 78 valence electrons. The van der Waals surface area contributed by atoms with Gasteiger partial charge in [0.05, 0.1) is 6.61 Å². The van der Waals surface area contributed by atoms with E-state index in [-0.39, 0.29) is 0 Å². The topological polar surface area (TPSA) is 110 Å². The van der Waals surface area contributed by atoms with Crippen molar-refractivity contribution in [1.82, 2.24) is 0 Å². The summed E-state index contributed by atoms with van der Waals surface area (Å²) in [5, 5.41) is 44.3. The summed E-state index contributed by atoms with van der Waals surface area (Å²) in [7, 11) is 0. The maximum atomic E-state index is 9.34. The van der Waals surface area contributed by atoms with Crippen molar-refractivity contribution in [2.24, 2.45) is 0 Å². The van der Waals surface area contributed by atoms with Gasteiger partial charge in [0.2, 0.25) is 5.79 Å². The van der Waals surface area contributed by atoms with Gasteiger partial charge in [-0.1, -0.05) is 15.9 Å². The van der Waals surface area contributed by atoms with Crippen molar-refractivity contribution in [1.29, 1.82) is 0 Å². The lowest BCUT2D eigenvalue weighted by molar-refractivity contribution is -0.249. The Morgan fingerprint density at radius 3 is 2.23 bits per heavy atom. The van der Waals surface area contributed by atoms with Crippen LogP contribution in [0.1, 0.15) is 0 Å². The average molecular weight is 259 g/mol. The molecule has 1 rings (SSSR count). The normalized spacial score (nSPS) is 48.0. The fourth-order valence-corrected chi connectivity index (χ4v) is 1.59. The number of ether oxygens (including phenoxy) is 1. The number of aliphatic hydroxyl groups excluding tert-OH is 4. The van der Waals surface area contributed by atoms with Gasteiger partial charge >= 0.3 is 0 Å². The van der Waals surface area contributed by atoms with E-state index in [0.717, 1.165) is 0 Å². The second kappa shape index (κ2) is 3.77. The molecule has 1 saturated heterocycles. The first-order valence-electron chi connectivity index (χ1n) is 3.61. The lowest BCUT2D eigenvalue weighted by Crippen LogP contribution is -2.46. The first-order chi connectivity index (χ1) is 5.92. The van der Waals surface area contributed by atoms with Crippen molar-refractivity contribution in [2.45, 2.75) is 29.1 Å². The van der Waals surface area contributed by atoms with Gasteiger partial charge in [-0.2, -0.15) is 0 Å². The van der Waals surface area contributed by atoms with Crippen LogP contribution in [0.4, 0.5) is 0 Å². The van der Waals surface area contributed by atoms with E-state index < -0.39 is 35.7 Å². The highest BCUT2D eigenvalue weighted by molar-refractivity contribution is 9.09. The Morgan fingerprint density at radius 2 is 2.00 bits per heavy atom. The van der Waals surface area contributed by atoms with Crippen LogP contribution in [0.3, 0.4) is 0 Å². The molecule has 0 radical (unpaired) electrons. The Morgan fingerprint density at radius 1 is 1.46 bits per heavy atom. The molecule has 6 nitrogen and oxygen atoms in total. The quantitative estimate of drug-likeness (QED) is 0.351. The maximum absolute atomic E-state index is 9.34. The van der Waals surface area contributed by atoms with E-state index >= 15 is 0 Å². The molecular formula is C6H11BrO6. The molecule has 0 aromatic carbocycles. The molecule has 1 heterocycles. The molecule has 1 fully saturated rings. The number of hydrogen-bond acceptors (Lipinski definition) is 6. The Bertz CT molecular complexity index is 188. The summed E-state index contributed by atoms with van der Waals surface area (Å²) in [6.45, 7) is -0.860. The highest BCUT2D eigenvalue weighted by Crippen LogP contribution is 2.31. The summed E-state index contributed by atoms with van der Waals surface area (Å²) in [4.78, 5) is 0. The van der Waals surface area contributed by atoms with Gasteiger partial charge in [0, 0.05) is 0 Å². The zero-order valence-corrected chi connectivity index (χ0v) is 8.12. The van der Waals surface area contributed by atoms with Gasteiger partial charge in [-0.15, -0.1) is 0 Å². The standard InChI is InChI=1S/C6H11BrO6/c7-5(11)3-2(9)4(10)6(12,1-8)13-3/h2-5,8-12H,1H2/t2-,3+,4+,5?,6?/m1/s1. The van der Waals surface area contributed by atoms with Crippen molar-refractivity contribution < 1.29 is 30.3 Å². The Labute approximate surface area is 82.5 Å². The van der Waals surface area contributed by atoms with Crippen LogP contribution in [-0.2, 0) is 4.74 Å². The number of halogens is 1. The van der Waals surface area contributed by atoms with Gasteiger partial charge in [0.1, 0.15) is 23.3 Å². The van der Waals surface area contributed by atoms with Gasteiger partial charge in [-0.25, -0.2) is 0 Å². The zero-order chi connectivity index (χ0) is 10.2. The van der Waals surface area contributed by atoms with E-state index in [1.807, 2.05) is 0 Å². The van der Waals surface area contributed by atoms with Crippen molar-refractivity contribution in [3.63, 3.8) is 0 Å². The SMILES string of the molecule is OCC1(O)O[C@H](C(O)Br)[C@@H](O)[C@@H]1O. The molecule has 5 N–H and O–H groups in total. The number of alkyl halides is 1. The molecule has 0 spiro atoms. The van der Waals surface area contributed by atoms with Crippen molar-refractivity contribution in [2.75, 3.05) is 6.61 Å². The van der Waals surface area contributed by atoms with Crippen molar-refractivity contribution in [3.05, 3.63) is 0 Å². The number of hydrogen-bond donors (Lipinski definition) is 5. The zero-order valence-electron chi connectivity index (χ0n) is 6.54. The molecule has 0 bridgehead atoms. The van der Waals surface area contributed by atoms with Crippen LogP contribution < -0.4 is 0 Å². The molecule has 1 aliphatic rings. The van der Waals surface area contributed by atoms with Crippen LogP contribution >= 0.6 is 15.9 Å². The summed E-state index contributed by atoms with van der Waals surface area (Å²) in [6.07, 6.45) is -4.27. The third-order valence-electron chi connectivity index (χ3n) is 1.96. The monoisotopic (exact) mass is 258 g/mol. The smallest absolute Gasteiger partial charge is 0.219 e. The molecule has 0 amide bonds. The highest BCUT2D eigenvalue weighted by atomic mass is 79.9. The minimum Gasteiger partial charge on any atom is -0.391 e. The molecule has 1 aliphatic heterocycles. The van der Waals surface area contributed by atoms with Crippen LogP contribution in [0.25, 0.3) is 0 Å². The fourth-order valence-electron chi connectivity index (χ4n) is 1.17. The van der Waals surface area contributed by atoms with Gasteiger partial charge in [0.25, 0.3) is 0 Å². The molecule has 0 aromatic heterocycles. The van der Waals surface area contributed by atoms with E-state index in [2.05, 4.69) is 15.9 Å². The van der Waals surface area contributed by atoms with Crippen LogP contribution in [0, 0.1) is 0 Å². The summed E-state index contributed by atoms with van der Waals surface area (Å²) >= 11 is 2.72. The molecule has 2 unspecified atom stereocenters. The molecule has 13 heavy (non-hydrogen) atoms. The molecule has 0 saturated carbocycles.